The fourth-order valence-corrected chi connectivity index (χ4v) is 5.45. The summed E-state index contributed by atoms with van der Waals surface area (Å²) in [6.45, 7) is 12.6. The van der Waals surface area contributed by atoms with Gasteiger partial charge >= 0.3 is 12.2 Å². The van der Waals surface area contributed by atoms with Crippen LogP contribution in [0.2, 0.25) is 0 Å². The fourth-order valence-electron chi connectivity index (χ4n) is 5.45. The predicted octanol–water partition coefficient (Wildman–Crippen LogP) is 5.86. The van der Waals surface area contributed by atoms with Gasteiger partial charge in [0.25, 0.3) is 0 Å². The molecule has 2 aliphatic heterocycles. The summed E-state index contributed by atoms with van der Waals surface area (Å²) in [4.78, 5) is 41.5. The lowest BCUT2D eigenvalue weighted by Gasteiger charge is -2.44. The van der Waals surface area contributed by atoms with E-state index in [0.717, 1.165) is 35.3 Å². The van der Waals surface area contributed by atoms with E-state index in [1.54, 1.807) is 16.7 Å². The number of hydrogen-bond acceptors (Lipinski definition) is 6. The molecule has 216 valence electrons. The molecule has 1 saturated heterocycles. The van der Waals surface area contributed by atoms with E-state index in [1.165, 1.54) is 0 Å². The van der Waals surface area contributed by atoms with Crippen LogP contribution in [0, 0.1) is 5.92 Å². The molecule has 0 aliphatic carbocycles. The number of amides is 3. The predicted molar refractivity (Wildman–Crippen MR) is 155 cm³/mol. The molecule has 2 aliphatic rings. The number of nitrogens with zero attached hydrogens (tertiary/aromatic N) is 2. The van der Waals surface area contributed by atoms with Crippen LogP contribution in [0.25, 0.3) is 0 Å². The molecule has 0 saturated carbocycles. The van der Waals surface area contributed by atoms with E-state index in [2.05, 4.69) is 10.6 Å². The average Bonchev–Trinajstić information content (AvgIpc) is 2.90. The van der Waals surface area contributed by atoms with Crippen molar-refractivity contribution >= 4 is 29.5 Å². The summed E-state index contributed by atoms with van der Waals surface area (Å²) in [6.07, 6.45) is 0.802. The Hall–Kier alpha value is -3.75. The van der Waals surface area contributed by atoms with Crippen LogP contribution < -0.4 is 15.5 Å². The number of benzene rings is 2. The molecule has 9 heteroatoms. The number of carbonyl (C=O) groups excluding carboxylic acids is 3. The molecule has 2 aromatic rings. The number of likely N-dealkylation sites (tertiary alicyclic amines) is 1. The lowest BCUT2D eigenvalue weighted by molar-refractivity contribution is -0.117. The molecule has 40 heavy (non-hydrogen) atoms. The molecular weight excluding hydrogens is 508 g/mol. The van der Waals surface area contributed by atoms with E-state index in [9.17, 15) is 14.4 Å². The quantitative estimate of drug-likeness (QED) is 0.484. The molecule has 2 N–H and O–H groups in total. The van der Waals surface area contributed by atoms with Crippen molar-refractivity contribution in [1.29, 1.82) is 0 Å². The highest BCUT2D eigenvalue weighted by molar-refractivity contribution is 5.94. The molecule has 0 bridgehead atoms. The van der Waals surface area contributed by atoms with Crippen molar-refractivity contribution in [3.63, 3.8) is 0 Å². The highest BCUT2D eigenvalue weighted by atomic mass is 16.6. The number of hydrogen-bond donors (Lipinski definition) is 2. The maximum Gasteiger partial charge on any atom is 0.410 e. The minimum atomic E-state index is -0.518. The number of rotatable bonds is 5. The van der Waals surface area contributed by atoms with Crippen LogP contribution in [0.4, 0.5) is 21.0 Å². The third kappa shape index (κ3) is 7.06. The van der Waals surface area contributed by atoms with Crippen LogP contribution in [-0.4, -0.2) is 53.8 Å². The first-order chi connectivity index (χ1) is 18.9. The summed E-state index contributed by atoms with van der Waals surface area (Å²) in [6, 6.07) is 15.2. The van der Waals surface area contributed by atoms with Crippen LogP contribution in [0.1, 0.15) is 71.6 Å². The van der Waals surface area contributed by atoms with Crippen molar-refractivity contribution in [2.45, 2.75) is 84.7 Å². The topological polar surface area (TPSA) is 100 Å². The van der Waals surface area contributed by atoms with E-state index in [4.69, 9.17) is 9.47 Å². The number of piperidine rings is 1. The second-order valence-electron chi connectivity index (χ2n) is 11.8. The standard InChI is InChI=1S/C31H42N4O5/c1-20-21(2)35(22(3)36)27-13-12-25(32-24-14-16-34(17-15-24)30(38)40-31(4,5)6)18-26(27)28(20)33-29(37)39-19-23-10-8-7-9-11-23/h7-13,18,20-21,24,28,32H,14-17,19H2,1-6H3,(H,33,37)/t20-,21-,28?/m0/s1. The number of carbonyl (C=O) groups is 3. The van der Waals surface area contributed by atoms with Crippen LogP contribution in [0.3, 0.4) is 0 Å². The van der Waals surface area contributed by atoms with Gasteiger partial charge in [-0.3, -0.25) is 4.79 Å². The van der Waals surface area contributed by atoms with Crippen molar-refractivity contribution in [3.05, 3.63) is 59.7 Å². The van der Waals surface area contributed by atoms with Gasteiger partial charge in [0, 0.05) is 55.0 Å². The first-order valence-corrected chi connectivity index (χ1v) is 14.1. The van der Waals surface area contributed by atoms with Crippen molar-refractivity contribution in [2.75, 3.05) is 23.3 Å². The summed E-state index contributed by atoms with van der Waals surface area (Å²) >= 11 is 0. The number of fused-ring (bicyclic) bond motifs is 1. The Bertz CT molecular complexity index is 1200. The van der Waals surface area contributed by atoms with Crippen molar-refractivity contribution in [1.82, 2.24) is 10.2 Å². The van der Waals surface area contributed by atoms with Gasteiger partial charge in [-0.1, -0.05) is 37.3 Å². The van der Waals surface area contributed by atoms with Crippen LogP contribution in [0.15, 0.2) is 48.5 Å². The minimum Gasteiger partial charge on any atom is -0.445 e. The van der Waals surface area contributed by atoms with Gasteiger partial charge in [0.05, 0.1) is 6.04 Å². The Morgan fingerprint density at radius 2 is 1.68 bits per heavy atom. The van der Waals surface area contributed by atoms with Gasteiger partial charge in [-0.15, -0.1) is 0 Å². The zero-order chi connectivity index (χ0) is 29.0. The van der Waals surface area contributed by atoms with Gasteiger partial charge in [0.15, 0.2) is 0 Å². The molecule has 9 nitrogen and oxygen atoms in total. The molecular formula is C31H42N4O5. The molecule has 3 amide bonds. The molecule has 0 spiro atoms. The highest BCUT2D eigenvalue weighted by Gasteiger charge is 2.39. The van der Waals surface area contributed by atoms with Crippen molar-refractivity contribution < 1.29 is 23.9 Å². The first kappa shape index (κ1) is 29.2. The molecule has 4 rings (SSSR count). The largest absolute Gasteiger partial charge is 0.445 e. The molecule has 0 radical (unpaired) electrons. The SMILES string of the molecule is CC(=O)N1c2ccc(NC3CCN(C(=O)OC(C)(C)C)CC3)cc2C(NC(=O)OCc2ccccc2)[C@@H](C)[C@@H]1C. The summed E-state index contributed by atoms with van der Waals surface area (Å²) in [7, 11) is 0. The van der Waals surface area contributed by atoms with Crippen LogP contribution in [-0.2, 0) is 20.9 Å². The Morgan fingerprint density at radius 1 is 1.00 bits per heavy atom. The van der Waals surface area contributed by atoms with Crippen LogP contribution >= 0.6 is 0 Å². The Morgan fingerprint density at radius 3 is 2.30 bits per heavy atom. The number of anilines is 2. The highest BCUT2D eigenvalue weighted by Crippen LogP contribution is 2.42. The van der Waals surface area contributed by atoms with Crippen molar-refractivity contribution in [2.24, 2.45) is 5.92 Å². The molecule has 1 unspecified atom stereocenters. The van der Waals surface area contributed by atoms with Gasteiger partial charge in [-0.25, -0.2) is 9.59 Å². The third-order valence-corrected chi connectivity index (χ3v) is 7.66. The molecule has 2 heterocycles. The number of alkyl carbamates (subject to hydrolysis) is 1. The van der Waals surface area contributed by atoms with Gasteiger partial charge in [0.2, 0.25) is 5.91 Å². The van der Waals surface area contributed by atoms with Gasteiger partial charge < -0.3 is 29.9 Å². The summed E-state index contributed by atoms with van der Waals surface area (Å²) in [5.74, 6) is -0.0890. The van der Waals surface area contributed by atoms with E-state index >= 15 is 0 Å². The lowest BCUT2D eigenvalue weighted by atomic mass is 9.82. The summed E-state index contributed by atoms with van der Waals surface area (Å²) < 4.78 is 11.0. The molecule has 2 aromatic carbocycles. The van der Waals surface area contributed by atoms with Gasteiger partial charge in [-0.2, -0.15) is 0 Å². The average molecular weight is 551 g/mol. The summed E-state index contributed by atoms with van der Waals surface area (Å²) in [5, 5.41) is 6.67. The van der Waals surface area contributed by atoms with Crippen molar-refractivity contribution in [3.8, 4) is 0 Å². The molecule has 1 fully saturated rings. The smallest absolute Gasteiger partial charge is 0.410 e. The molecule has 3 atom stereocenters. The summed E-state index contributed by atoms with van der Waals surface area (Å²) in [5.41, 5.74) is 2.96. The van der Waals surface area contributed by atoms with E-state index in [0.29, 0.717) is 13.1 Å². The Balaban J connectivity index is 1.47. The maximum atomic E-state index is 12.9. The first-order valence-electron chi connectivity index (χ1n) is 14.1. The normalized spacial score (nSPS) is 21.3. The van der Waals surface area contributed by atoms with E-state index in [-0.39, 0.29) is 42.7 Å². The zero-order valence-corrected chi connectivity index (χ0v) is 24.4. The van der Waals surface area contributed by atoms with Crippen LogP contribution in [0.5, 0.6) is 0 Å². The van der Waals surface area contributed by atoms with Gasteiger partial charge in [-0.05, 0) is 64.3 Å². The fraction of sp³-hybridized carbons (Fsp3) is 0.516. The second kappa shape index (κ2) is 12.2. The van der Waals surface area contributed by atoms with Gasteiger partial charge in [0.1, 0.15) is 12.2 Å². The molecule has 0 aromatic heterocycles. The second-order valence-corrected chi connectivity index (χ2v) is 11.8. The van der Waals surface area contributed by atoms with E-state index in [1.807, 2.05) is 83.1 Å². The lowest BCUT2D eigenvalue weighted by Crippen LogP contribution is -2.50. The maximum absolute atomic E-state index is 12.9. The third-order valence-electron chi connectivity index (χ3n) is 7.66. The zero-order valence-electron chi connectivity index (χ0n) is 24.4. The monoisotopic (exact) mass is 550 g/mol. The Kier molecular flexibility index (Phi) is 8.91. The number of nitrogens with one attached hydrogen (secondary N) is 2. The number of ether oxygens (including phenoxy) is 2. The Labute approximate surface area is 237 Å². The van der Waals surface area contributed by atoms with E-state index < -0.39 is 11.7 Å². The minimum absolute atomic E-state index is 0.0408.